The van der Waals surface area contributed by atoms with Gasteiger partial charge in [-0.05, 0) is 19.1 Å². The number of aliphatic hydroxyl groups is 1. The molecule has 0 saturated carbocycles. The summed E-state index contributed by atoms with van der Waals surface area (Å²) >= 11 is 0. The van der Waals surface area contributed by atoms with E-state index in [0.29, 0.717) is 6.54 Å². The van der Waals surface area contributed by atoms with Gasteiger partial charge < -0.3 is 21.3 Å². The van der Waals surface area contributed by atoms with Gasteiger partial charge in [0.25, 0.3) is 0 Å². The molecule has 3 atom stereocenters. The van der Waals surface area contributed by atoms with Crippen molar-refractivity contribution >= 4 is 10.9 Å². The van der Waals surface area contributed by atoms with Crippen molar-refractivity contribution in [3.05, 3.63) is 23.9 Å². The van der Waals surface area contributed by atoms with Crippen molar-refractivity contribution in [2.24, 2.45) is 11.5 Å². The highest BCUT2D eigenvalue weighted by Crippen LogP contribution is 2.36. The van der Waals surface area contributed by atoms with E-state index in [4.69, 9.17) is 16.2 Å². The summed E-state index contributed by atoms with van der Waals surface area (Å²) in [5.74, 6) is 0.719. The van der Waals surface area contributed by atoms with E-state index in [9.17, 15) is 5.11 Å². The predicted octanol–water partition coefficient (Wildman–Crippen LogP) is 0.137. The highest BCUT2D eigenvalue weighted by molar-refractivity contribution is 5.85. The van der Waals surface area contributed by atoms with Crippen LogP contribution in [0.15, 0.2) is 18.3 Å². The van der Waals surface area contributed by atoms with E-state index < -0.39 is 12.1 Å². The van der Waals surface area contributed by atoms with E-state index in [1.54, 1.807) is 6.20 Å². The zero-order valence-corrected chi connectivity index (χ0v) is 10.8. The summed E-state index contributed by atoms with van der Waals surface area (Å²) in [6, 6.07) is 3.35. The lowest BCUT2D eigenvalue weighted by Crippen LogP contribution is -2.36. The molecular weight excluding hydrogens is 244 g/mol. The summed E-state index contributed by atoms with van der Waals surface area (Å²) in [5.41, 5.74) is 13.7. The molecule has 1 aromatic heterocycles. The van der Waals surface area contributed by atoms with Crippen molar-refractivity contribution in [3.8, 4) is 5.75 Å². The van der Waals surface area contributed by atoms with Crippen molar-refractivity contribution in [1.82, 2.24) is 9.78 Å². The maximum Gasteiger partial charge on any atom is 0.126 e. The number of aromatic nitrogens is 2. The minimum atomic E-state index is -0.697. The van der Waals surface area contributed by atoms with Crippen molar-refractivity contribution in [2.75, 3.05) is 6.61 Å². The van der Waals surface area contributed by atoms with Gasteiger partial charge in [-0.2, -0.15) is 5.10 Å². The molecule has 0 spiro atoms. The highest BCUT2D eigenvalue weighted by atomic mass is 16.5. The van der Waals surface area contributed by atoms with Crippen molar-refractivity contribution < 1.29 is 9.84 Å². The number of rotatable bonds is 2. The average Bonchev–Trinajstić information content (AvgIpc) is 2.76. The number of nitrogens with two attached hydrogens (primary N) is 2. The van der Waals surface area contributed by atoms with E-state index >= 15 is 0 Å². The fraction of sp³-hybridized carbons (Fsp3) is 0.462. The zero-order chi connectivity index (χ0) is 13.6. The summed E-state index contributed by atoms with van der Waals surface area (Å²) in [4.78, 5) is 0. The molecule has 0 saturated heterocycles. The Morgan fingerprint density at radius 2 is 2.37 bits per heavy atom. The van der Waals surface area contributed by atoms with Gasteiger partial charge >= 0.3 is 0 Å². The second-order valence-corrected chi connectivity index (χ2v) is 5.12. The highest BCUT2D eigenvalue weighted by Gasteiger charge is 2.29. The molecule has 102 valence electrons. The molecule has 6 nitrogen and oxygen atoms in total. The van der Waals surface area contributed by atoms with Crippen molar-refractivity contribution in [2.45, 2.75) is 31.7 Å². The molecule has 2 heterocycles. The van der Waals surface area contributed by atoms with Crippen LogP contribution in [-0.4, -0.2) is 33.6 Å². The van der Waals surface area contributed by atoms with Gasteiger partial charge in [-0.1, -0.05) is 0 Å². The van der Waals surface area contributed by atoms with Crippen LogP contribution in [0.25, 0.3) is 10.9 Å². The Morgan fingerprint density at radius 3 is 3.11 bits per heavy atom. The van der Waals surface area contributed by atoms with Crippen LogP contribution in [0.3, 0.4) is 0 Å². The second-order valence-electron chi connectivity index (χ2n) is 5.12. The largest absolute Gasteiger partial charge is 0.490 e. The second kappa shape index (κ2) is 4.48. The van der Waals surface area contributed by atoms with Crippen LogP contribution in [0.2, 0.25) is 0 Å². The molecule has 0 amide bonds. The molecule has 19 heavy (non-hydrogen) atoms. The molecule has 6 heteroatoms. The van der Waals surface area contributed by atoms with Gasteiger partial charge in [-0.3, -0.25) is 4.68 Å². The van der Waals surface area contributed by atoms with Gasteiger partial charge in [0, 0.05) is 17.0 Å². The molecule has 0 radical (unpaired) electrons. The Hall–Kier alpha value is -1.63. The zero-order valence-electron chi connectivity index (χ0n) is 10.8. The minimum Gasteiger partial charge on any atom is -0.490 e. The Kier molecular flexibility index (Phi) is 2.93. The van der Waals surface area contributed by atoms with Gasteiger partial charge in [0.1, 0.15) is 18.5 Å². The minimum absolute atomic E-state index is 0.00962. The van der Waals surface area contributed by atoms with Crippen LogP contribution in [0, 0.1) is 0 Å². The fourth-order valence-electron chi connectivity index (χ4n) is 2.52. The Balaban J connectivity index is 2.21. The van der Waals surface area contributed by atoms with Crippen molar-refractivity contribution in [1.29, 1.82) is 0 Å². The molecule has 1 aliphatic rings. The molecular formula is C13H18N4O2. The molecule has 5 N–H and O–H groups in total. The molecule has 1 aliphatic heterocycles. The maximum absolute atomic E-state index is 9.89. The number of hydrogen-bond acceptors (Lipinski definition) is 5. The first-order valence-corrected chi connectivity index (χ1v) is 6.38. The predicted molar refractivity (Wildman–Crippen MR) is 71.8 cm³/mol. The third-order valence-electron chi connectivity index (χ3n) is 3.42. The smallest absolute Gasteiger partial charge is 0.126 e. The van der Waals surface area contributed by atoms with E-state index in [1.165, 1.54) is 0 Å². The molecule has 0 fully saturated rings. The number of hydrogen-bond donors (Lipinski definition) is 3. The maximum atomic E-state index is 9.89. The standard InChI is InChI=1S/C13H18N4O2/c1-7(14)5-17-13-8(4-16-17)2-3-10-11(13)12(15)9(18)6-19-10/h2-4,7,9,12,18H,5-6,14-15H2,1H3/t7?,9-,12?/m1/s1. The lowest BCUT2D eigenvalue weighted by Gasteiger charge is -2.28. The van der Waals surface area contributed by atoms with Gasteiger partial charge in [0.05, 0.1) is 24.3 Å². The third-order valence-corrected chi connectivity index (χ3v) is 3.42. The van der Waals surface area contributed by atoms with Crippen LogP contribution in [-0.2, 0) is 6.54 Å². The van der Waals surface area contributed by atoms with E-state index in [0.717, 1.165) is 22.2 Å². The Morgan fingerprint density at radius 1 is 1.58 bits per heavy atom. The van der Waals surface area contributed by atoms with Crippen LogP contribution in [0.1, 0.15) is 18.5 Å². The molecule has 1 aromatic carbocycles. The Bertz CT molecular complexity index is 608. The van der Waals surface area contributed by atoms with Gasteiger partial charge in [-0.25, -0.2) is 0 Å². The fourth-order valence-corrected chi connectivity index (χ4v) is 2.52. The first-order chi connectivity index (χ1) is 9.08. The van der Waals surface area contributed by atoms with Crippen LogP contribution in [0.5, 0.6) is 5.75 Å². The number of nitrogens with zero attached hydrogens (tertiary/aromatic N) is 2. The van der Waals surface area contributed by atoms with E-state index in [2.05, 4.69) is 5.10 Å². The summed E-state index contributed by atoms with van der Waals surface area (Å²) in [6.45, 7) is 2.75. The monoisotopic (exact) mass is 262 g/mol. The number of fused-ring (bicyclic) bond motifs is 3. The first-order valence-electron chi connectivity index (χ1n) is 6.38. The van der Waals surface area contributed by atoms with Gasteiger partial charge in [-0.15, -0.1) is 0 Å². The summed E-state index contributed by atoms with van der Waals surface area (Å²) in [7, 11) is 0. The molecule has 2 aromatic rings. The summed E-state index contributed by atoms with van der Waals surface area (Å²) in [5, 5.41) is 15.2. The quantitative estimate of drug-likeness (QED) is 0.714. The SMILES string of the molecule is CC(N)Cn1ncc2ccc3c(c21)C(N)[C@H](O)CO3. The normalized spacial score (nSPS) is 24.0. The van der Waals surface area contributed by atoms with Crippen LogP contribution in [0.4, 0.5) is 0 Å². The lowest BCUT2D eigenvalue weighted by atomic mass is 9.97. The van der Waals surface area contributed by atoms with E-state index in [1.807, 2.05) is 23.7 Å². The average molecular weight is 262 g/mol. The Labute approximate surface area is 110 Å². The van der Waals surface area contributed by atoms with Gasteiger partial charge in [0.15, 0.2) is 0 Å². The molecule has 0 aliphatic carbocycles. The van der Waals surface area contributed by atoms with Crippen LogP contribution < -0.4 is 16.2 Å². The molecule has 3 rings (SSSR count). The topological polar surface area (TPSA) is 99.3 Å². The number of benzene rings is 1. The number of aliphatic hydroxyl groups excluding tert-OH is 1. The molecule has 0 bridgehead atoms. The van der Waals surface area contributed by atoms with Crippen LogP contribution >= 0.6 is 0 Å². The lowest BCUT2D eigenvalue weighted by molar-refractivity contribution is 0.0684. The molecule has 2 unspecified atom stereocenters. The number of ether oxygens (including phenoxy) is 1. The third kappa shape index (κ3) is 1.98. The van der Waals surface area contributed by atoms with E-state index in [-0.39, 0.29) is 12.6 Å². The summed E-state index contributed by atoms with van der Waals surface area (Å²) in [6.07, 6.45) is 1.09. The summed E-state index contributed by atoms with van der Waals surface area (Å²) < 4.78 is 7.37. The van der Waals surface area contributed by atoms with Crippen molar-refractivity contribution in [3.63, 3.8) is 0 Å². The van der Waals surface area contributed by atoms with Gasteiger partial charge in [0.2, 0.25) is 0 Å². The first kappa shape index (κ1) is 12.4.